The first kappa shape index (κ1) is 11.1. The van der Waals surface area contributed by atoms with Crippen LogP contribution in [0, 0.1) is 0 Å². The zero-order valence-corrected chi connectivity index (χ0v) is 9.26. The molecule has 2 N–H and O–H groups in total. The van der Waals surface area contributed by atoms with Crippen LogP contribution in [0.1, 0.15) is 30.7 Å². The van der Waals surface area contributed by atoms with Crippen LogP contribution in [0.3, 0.4) is 0 Å². The van der Waals surface area contributed by atoms with E-state index in [9.17, 15) is 4.79 Å². The van der Waals surface area contributed by atoms with Crippen LogP contribution >= 0.6 is 0 Å². The molecule has 3 heteroatoms. The van der Waals surface area contributed by atoms with Crippen LogP contribution in [-0.2, 0) is 9.53 Å². The lowest BCUT2D eigenvalue weighted by Gasteiger charge is -2.22. The number of nitrogens with two attached hydrogens (primary N) is 1. The monoisotopic (exact) mass is 219 g/mol. The molecule has 0 radical (unpaired) electrons. The topological polar surface area (TPSA) is 52.3 Å². The maximum atomic E-state index is 11.1. The molecule has 1 aliphatic rings. The summed E-state index contributed by atoms with van der Waals surface area (Å²) in [6, 6.07) is 10.0. The quantitative estimate of drug-likeness (QED) is 0.839. The van der Waals surface area contributed by atoms with Crippen LogP contribution in [0.2, 0.25) is 0 Å². The zero-order valence-electron chi connectivity index (χ0n) is 9.26. The fraction of sp³-hybridized carbons (Fsp3) is 0.462. The molecule has 1 heterocycles. The number of rotatable bonds is 4. The van der Waals surface area contributed by atoms with Crippen molar-refractivity contribution in [2.24, 2.45) is 5.73 Å². The molecule has 0 spiro atoms. The lowest BCUT2D eigenvalue weighted by molar-refractivity contribution is -0.119. The highest BCUT2D eigenvalue weighted by Crippen LogP contribution is 2.31. The summed E-state index contributed by atoms with van der Waals surface area (Å²) in [6.07, 6.45) is 2.61. The maximum absolute atomic E-state index is 11.1. The second-order valence-electron chi connectivity index (χ2n) is 4.24. The summed E-state index contributed by atoms with van der Waals surface area (Å²) >= 11 is 0. The average molecular weight is 219 g/mol. The molecule has 16 heavy (non-hydrogen) atoms. The SMILES string of the molecule is NC(=O)C[C@H](c1ccccc1)[C@@H]1CCCO1. The van der Waals surface area contributed by atoms with E-state index in [1.165, 1.54) is 0 Å². The first-order valence-electron chi connectivity index (χ1n) is 5.72. The van der Waals surface area contributed by atoms with Crippen molar-refractivity contribution in [1.29, 1.82) is 0 Å². The highest BCUT2D eigenvalue weighted by molar-refractivity contribution is 5.74. The van der Waals surface area contributed by atoms with Crippen molar-refractivity contribution in [2.75, 3.05) is 6.61 Å². The molecule has 2 atom stereocenters. The van der Waals surface area contributed by atoms with Gasteiger partial charge in [-0.1, -0.05) is 30.3 Å². The highest BCUT2D eigenvalue weighted by Gasteiger charge is 2.28. The van der Waals surface area contributed by atoms with E-state index in [1.54, 1.807) is 0 Å². The van der Waals surface area contributed by atoms with Gasteiger partial charge in [0.1, 0.15) is 0 Å². The van der Waals surface area contributed by atoms with Crippen molar-refractivity contribution < 1.29 is 9.53 Å². The summed E-state index contributed by atoms with van der Waals surface area (Å²) < 4.78 is 5.66. The minimum absolute atomic E-state index is 0.112. The molecule has 1 fully saturated rings. The molecule has 3 nitrogen and oxygen atoms in total. The summed E-state index contributed by atoms with van der Waals surface area (Å²) in [5.41, 5.74) is 6.45. The Bertz CT molecular complexity index is 344. The molecular formula is C13H17NO2. The molecule has 0 unspecified atom stereocenters. The van der Waals surface area contributed by atoms with Gasteiger partial charge in [-0.15, -0.1) is 0 Å². The fourth-order valence-corrected chi connectivity index (χ4v) is 2.30. The second-order valence-corrected chi connectivity index (χ2v) is 4.24. The van der Waals surface area contributed by atoms with Gasteiger partial charge < -0.3 is 10.5 Å². The Morgan fingerprint density at radius 3 is 2.75 bits per heavy atom. The predicted octanol–water partition coefficient (Wildman–Crippen LogP) is 1.82. The van der Waals surface area contributed by atoms with Crippen molar-refractivity contribution in [2.45, 2.75) is 31.3 Å². The number of primary amides is 1. The Morgan fingerprint density at radius 1 is 1.44 bits per heavy atom. The van der Waals surface area contributed by atoms with Gasteiger partial charge in [0.15, 0.2) is 0 Å². The number of hydrogen-bond donors (Lipinski definition) is 1. The van der Waals surface area contributed by atoms with Crippen LogP contribution in [-0.4, -0.2) is 18.6 Å². The number of hydrogen-bond acceptors (Lipinski definition) is 2. The number of carbonyl (C=O) groups is 1. The number of benzene rings is 1. The van der Waals surface area contributed by atoms with Crippen LogP contribution in [0.25, 0.3) is 0 Å². The first-order chi connectivity index (χ1) is 7.77. The Balaban J connectivity index is 2.16. The smallest absolute Gasteiger partial charge is 0.218 e. The predicted molar refractivity (Wildman–Crippen MR) is 62.0 cm³/mol. The third-order valence-corrected chi connectivity index (χ3v) is 3.06. The van der Waals surface area contributed by atoms with Gasteiger partial charge in [-0.3, -0.25) is 4.79 Å². The van der Waals surface area contributed by atoms with E-state index in [0.717, 1.165) is 25.0 Å². The maximum Gasteiger partial charge on any atom is 0.218 e. The van der Waals surface area contributed by atoms with E-state index >= 15 is 0 Å². The lowest BCUT2D eigenvalue weighted by atomic mass is 9.89. The number of ether oxygens (including phenoxy) is 1. The van der Waals surface area contributed by atoms with Crippen LogP contribution in [0.5, 0.6) is 0 Å². The van der Waals surface area contributed by atoms with Crippen molar-refractivity contribution >= 4 is 5.91 Å². The third kappa shape index (κ3) is 2.61. The molecule has 0 bridgehead atoms. The van der Waals surface area contributed by atoms with Gasteiger partial charge in [0.05, 0.1) is 6.10 Å². The van der Waals surface area contributed by atoms with Gasteiger partial charge in [-0.05, 0) is 18.4 Å². The van der Waals surface area contributed by atoms with Gasteiger partial charge in [-0.25, -0.2) is 0 Å². The lowest BCUT2D eigenvalue weighted by Crippen LogP contribution is -2.24. The Morgan fingerprint density at radius 2 is 2.19 bits per heavy atom. The summed E-state index contributed by atoms with van der Waals surface area (Å²) in [6.45, 7) is 0.798. The van der Waals surface area contributed by atoms with Crippen molar-refractivity contribution in [3.8, 4) is 0 Å². The minimum Gasteiger partial charge on any atom is -0.378 e. The minimum atomic E-state index is -0.260. The summed E-state index contributed by atoms with van der Waals surface area (Å²) in [4.78, 5) is 11.1. The number of carbonyl (C=O) groups excluding carboxylic acids is 1. The summed E-state index contributed by atoms with van der Waals surface area (Å²) in [5, 5.41) is 0. The second kappa shape index (κ2) is 5.12. The average Bonchev–Trinajstić information content (AvgIpc) is 2.80. The molecule has 1 amide bonds. The fourth-order valence-electron chi connectivity index (χ4n) is 2.30. The molecular weight excluding hydrogens is 202 g/mol. The van der Waals surface area contributed by atoms with Gasteiger partial charge in [0, 0.05) is 18.9 Å². The zero-order chi connectivity index (χ0) is 11.4. The molecule has 86 valence electrons. The van der Waals surface area contributed by atoms with Gasteiger partial charge in [0.25, 0.3) is 0 Å². The van der Waals surface area contributed by atoms with Gasteiger partial charge in [-0.2, -0.15) is 0 Å². The van der Waals surface area contributed by atoms with E-state index in [0.29, 0.717) is 6.42 Å². The third-order valence-electron chi connectivity index (χ3n) is 3.06. The van der Waals surface area contributed by atoms with E-state index in [1.807, 2.05) is 30.3 Å². The molecule has 1 aromatic rings. The van der Waals surface area contributed by atoms with Crippen LogP contribution in [0.15, 0.2) is 30.3 Å². The Hall–Kier alpha value is -1.35. The normalized spacial score (nSPS) is 21.9. The molecule has 0 aliphatic carbocycles. The molecule has 1 aliphatic heterocycles. The Kier molecular flexibility index (Phi) is 3.57. The molecule has 2 rings (SSSR count). The van der Waals surface area contributed by atoms with Crippen LogP contribution in [0.4, 0.5) is 0 Å². The molecule has 0 saturated carbocycles. The van der Waals surface area contributed by atoms with E-state index < -0.39 is 0 Å². The van der Waals surface area contributed by atoms with Crippen LogP contribution < -0.4 is 5.73 Å². The summed E-state index contributed by atoms with van der Waals surface area (Å²) in [7, 11) is 0. The number of amides is 1. The van der Waals surface area contributed by atoms with Crippen molar-refractivity contribution in [3.05, 3.63) is 35.9 Å². The molecule has 1 saturated heterocycles. The molecule has 0 aromatic heterocycles. The summed E-state index contributed by atoms with van der Waals surface area (Å²) in [5.74, 6) is -0.148. The van der Waals surface area contributed by atoms with Crippen molar-refractivity contribution in [1.82, 2.24) is 0 Å². The van der Waals surface area contributed by atoms with Gasteiger partial charge >= 0.3 is 0 Å². The van der Waals surface area contributed by atoms with E-state index in [-0.39, 0.29) is 17.9 Å². The van der Waals surface area contributed by atoms with E-state index in [4.69, 9.17) is 10.5 Å². The standard InChI is InChI=1S/C13H17NO2/c14-13(15)9-11(12-7-4-8-16-12)10-5-2-1-3-6-10/h1-3,5-6,11-12H,4,7-9H2,(H2,14,15)/t11-,12+/m1/s1. The van der Waals surface area contributed by atoms with E-state index in [2.05, 4.69) is 0 Å². The Labute approximate surface area is 95.6 Å². The van der Waals surface area contributed by atoms with Gasteiger partial charge in [0.2, 0.25) is 5.91 Å². The highest BCUT2D eigenvalue weighted by atomic mass is 16.5. The molecule has 1 aromatic carbocycles. The van der Waals surface area contributed by atoms with Crippen molar-refractivity contribution in [3.63, 3.8) is 0 Å². The first-order valence-corrected chi connectivity index (χ1v) is 5.72. The largest absolute Gasteiger partial charge is 0.378 e.